The van der Waals surface area contributed by atoms with Crippen LogP contribution in [-0.4, -0.2) is 29.9 Å². The van der Waals surface area contributed by atoms with Crippen LogP contribution in [0.15, 0.2) is 34.9 Å². The Bertz CT molecular complexity index is 526. The summed E-state index contributed by atoms with van der Waals surface area (Å²) in [6.45, 7) is 0.831. The second-order valence-corrected chi connectivity index (χ2v) is 4.77. The number of benzene rings is 1. The molecule has 100 valence electrons. The Morgan fingerprint density at radius 3 is 2.95 bits per heavy atom. The molecule has 1 saturated heterocycles. The fourth-order valence-electron chi connectivity index (χ4n) is 2.33. The van der Waals surface area contributed by atoms with Crippen LogP contribution in [0.2, 0.25) is 0 Å². The van der Waals surface area contributed by atoms with Gasteiger partial charge in [0.1, 0.15) is 0 Å². The summed E-state index contributed by atoms with van der Waals surface area (Å²) in [5.74, 6) is 1.38. The Morgan fingerprint density at radius 1 is 1.37 bits per heavy atom. The van der Waals surface area contributed by atoms with Crippen molar-refractivity contribution in [2.24, 2.45) is 0 Å². The molecule has 0 bridgehead atoms. The van der Waals surface area contributed by atoms with Crippen molar-refractivity contribution in [1.82, 2.24) is 15.5 Å². The number of nitrogens with one attached hydrogen (secondary N) is 1. The summed E-state index contributed by atoms with van der Waals surface area (Å²) in [5.41, 5.74) is 1.18. The van der Waals surface area contributed by atoms with E-state index in [1.807, 2.05) is 18.2 Å². The first-order valence-electron chi connectivity index (χ1n) is 6.47. The molecule has 1 fully saturated rings. The lowest BCUT2D eigenvalue weighted by Crippen LogP contribution is -2.16. The van der Waals surface area contributed by atoms with Gasteiger partial charge < -0.3 is 14.6 Å². The molecule has 0 amide bonds. The Kier molecular flexibility index (Phi) is 3.57. The van der Waals surface area contributed by atoms with Crippen LogP contribution in [0.4, 0.5) is 0 Å². The van der Waals surface area contributed by atoms with E-state index in [1.54, 1.807) is 7.11 Å². The third-order valence-electron chi connectivity index (χ3n) is 3.41. The minimum atomic E-state index is 0.113. The first-order valence-corrected chi connectivity index (χ1v) is 6.47. The van der Waals surface area contributed by atoms with E-state index in [9.17, 15) is 0 Å². The van der Waals surface area contributed by atoms with Crippen molar-refractivity contribution in [3.8, 4) is 0 Å². The average molecular weight is 259 g/mol. The third kappa shape index (κ3) is 2.83. The van der Waals surface area contributed by atoms with Gasteiger partial charge in [0.2, 0.25) is 5.89 Å². The molecule has 5 nitrogen and oxygen atoms in total. The molecule has 1 aromatic heterocycles. The summed E-state index contributed by atoms with van der Waals surface area (Å²) >= 11 is 0. The fourth-order valence-corrected chi connectivity index (χ4v) is 2.33. The quantitative estimate of drug-likeness (QED) is 0.905. The standard InChI is InChI=1S/C14H17N3O2/c1-18-11-8-12(15-9-11)14-16-13(17-19-14)7-10-5-3-2-4-6-10/h2-6,11-12,15H,7-9H2,1H3/t11-,12+/m0/s1. The van der Waals surface area contributed by atoms with E-state index in [1.165, 1.54) is 5.56 Å². The molecular weight excluding hydrogens is 242 g/mol. The highest BCUT2D eigenvalue weighted by atomic mass is 16.5. The van der Waals surface area contributed by atoms with Gasteiger partial charge in [0.15, 0.2) is 5.82 Å². The number of rotatable bonds is 4. The highest BCUT2D eigenvalue weighted by Gasteiger charge is 2.29. The summed E-state index contributed by atoms with van der Waals surface area (Å²) in [5, 5.41) is 7.37. The van der Waals surface area contributed by atoms with E-state index in [2.05, 4.69) is 27.6 Å². The topological polar surface area (TPSA) is 60.2 Å². The first-order chi connectivity index (χ1) is 9.35. The lowest BCUT2D eigenvalue weighted by molar-refractivity contribution is 0.116. The van der Waals surface area contributed by atoms with Gasteiger partial charge in [-0.1, -0.05) is 35.5 Å². The van der Waals surface area contributed by atoms with E-state index < -0.39 is 0 Å². The van der Waals surface area contributed by atoms with E-state index >= 15 is 0 Å². The fraction of sp³-hybridized carbons (Fsp3) is 0.429. The summed E-state index contributed by atoms with van der Waals surface area (Å²) < 4.78 is 10.6. The van der Waals surface area contributed by atoms with Crippen LogP contribution < -0.4 is 5.32 Å². The number of nitrogens with zero attached hydrogens (tertiary/aromatic N) is 2. The maximum absolute atomic E-state index is 5.33. The van der Waals surface area contributed by atoms with Crippen molar-refractivity contribution in [3.63, 3.8) is 0 Å². The molecule has 0 radical (unpaired) electrons. The molecule has 19 heavy (non-hydrogen) atoms. The third-order valence-corrected chi connectivity index (χ3v) is 3.41. The number of hydrogen-bond donors (Lipinski definition) is 1. The van der Waals surface area contributed by atoms with Gasteiger partial charge in [-0.2, -0.15) is 4.98 Å². The summed E-state index contributed by atoms with van der Waals surface area (Å²) in [4.78, 5) is 4.46. The Morgan fingerprint density at radius 2 is 2.21 bits per heavy atom. The molecule has 1 aromatic carbocycles. The van der Waals surface area contributed by atoms with Gasteiger partial charge in [-0.25, -0.2) is 0 Å². The van der Waals surface area contributed by atoms with Crippen LogP contribution >= 0.6 is 0 Å². The summed E-state index contributed by atoms with van der Waals surface area (Å²) in [7, 11) is 1.73. The number of aromatic nitrogens is 2. The van der Waals surface area contributed by atoms with Gasteiger partial charge in [-0.15, -0.1) is 0 Å². The molecule has 2 aromatic rings. The summed E-state index contributed by atoms with van der Waals surface area (Å²) in [6, 6.07) is 10.3. The Hall–Kier alpha value is -1.72. The van der Waals surface area contributed by atoms with Crippen molar-refractivity contribution in [2.75, 3.05) is 13.7 Å². The molecule has 0 unspecified atom stereocenters. The van der Waals surface area contributed by atoms with E-state index in [4.69, 9.17) is 9.26 Å². The predicted octanol–water partition coefficient (Wildman–Crippen LogP) is 1.71. The van der Waals surface area contributed by atoms with Gasteiger partial charge in [0, 0.05) is 20.1 Å². The maximum Gasteiger partial charge on any atom is 0.243 e. The van der Waals surface area contributed by atoms with E-state index in [0.29, 0.717) is 12.3 Å². The molecule has 1 N–H and O–H groups in total. The minimum Gasteiger partial charge on any atom is -0.380 e. The van der Waals surface area contributed by atoms with Gasteiger partial charge >= 0.3 is 0 Å². The normalized spacial score (nSPS) is 22.8. The Labute approximate surface area is 112 Å². The minimum absolute atomic E-state index is 0.113. The van der Waals surface area contributed by atoms with Crippen molar-refractivity contribution >= 4 is 0 Å². The van der Waals surface area contributed by atoms with Crippen LogP contribution in [0.3, 0.4) is 0 Å². The zero-order valence-corrected chi connectivity index (χ0v) is 10.9. The van der Waals surface area contributed by atoms with Crippen molar-refractivity contribution in [3.05, 3.63) is 47.6 Å². The lowest BCUT2D eigenvalue weighted by Gasteiger charge is -2.04. The zero-order chi connectivity index (χ0) is 13.1. The highest BCUT2D eigenvalue weighted by Crippen LogP contribution is 2.23. The van der Waals surface area contributed by atoms with Crippen LogP contribution in [0.25, 0.3) is 0 Å². The van der Waals surface area contributed by atoms with Crippen LogP contribution in [0, 0.1) is 0 Å². The molecule has 0 spiro atoms. The van der Waals surface area contributed by atoms with Crippen LogP contribution in [0.5, 0.6) is 0 Å². The zero-order valence-electron chi connectivity index (χ0n) is 10.9. The molecule has 1 aliphatic rings. The molecule has 1 aliphatic heterocycles. The monoisotopic (exact) mass is 259 g/mol. The molecule has 3 rings (SSSR count). The molecular formula is C14H17N3O2. The molecule has 0 saturated carbocycles. The van der Waals surface area contributed by atoms with Gasteiger partial charge in [0.25, 0.3) is 0 Å². The SMILES string of the molecule is CO[C@@H]1CN[C@@H](c2nc(Cc3ccccc3)no2)C1. The van der Waals surface area contributed by atoms with Crippen LogP contribution in [-0.2, 0) is 11.2 Å². The number of hydrogen-bond acceptors (Lipinski definition) is 5. The second-order valence-electron chi connectivity index (χ2n) is 4.77. The van der Waals surface area contributed by atoms with Gasteiger partial charge in [-0.3, -0.25) is 0 Å². The average Bonchev–Trinajstić information content (AvgIpc) is 3.08. The summed E-state index contributed by atoms with van der Waals surface area (Å²) in [6.07, 6.45) is 1.81. The number of methoxy groups -OCH3 is 1. The van der Waals surface area contributed by atoms with Crippen molar-refractivity contribution < 1.29 is 9.26 Å². The van der Waals surface area contributed by atoms with E-state index in [-0.39, 0.29) is 12.1 Å². The van der Waals surface area contributed by atoms with E-state index in [0.717, 1.165) is 18.8 Å². The van der Waals surface area contributed by atoms with Crippen LogP contribution in [0.1, 0.15) is 29.7 Å². The van der Waals surface area contributed by atoms with Gasteiger partial charge in [0.05, 0.1) is 12.1 Å². The largest absolute Gasteiger partial charge is 0.380 e. The lowest BCUT2D eigenvalue weighted by atomic mass is 10.1. The first kappa shape index (κ1) is 12.3. The number of ether oxygens (including phenoxy) is 1. The smallest absolute Gasteiger partial charge is 0.243 e. The maximum atomic E-state index is 5.33. The highest BCUT2D eigenvalue weighted by molar-refractivity contribution is 5.18. The molecule has 2 heterocycles. The second kappa shape index (κ2) is 5.50. The van der Waals surface area contributed by atoms with Gasteiger partial charge in [-0.05, 0) is 12.0 Å². The molecule has 2 atom stereocenters. The molecule has 0 aliphatic carbocycles. The predicted molar refractivity (Wildman–Crippen MR) is 69.7 cm³/mol. The Balaban J connectivity index is 1.67. The van der Waals surface area contributed by atoms with Crippen molar-refractivity contribution in [1.29, 1.82) is 0 Å². The van der Waals surface area contributed by atoms with Crippen molar-refractivity contribution in [2.45, 2.75) is 25.0 Å². The molecule has 5 heteroatoms.